The lowest BCUT2D eigenvalue weighted by molar-refractivity contribution is -0.126. The summed E-state index contributed by atoms with van der Waals surface area (Å²) in [5, 5.41) is 10.9. The molecule has 0 spiro atoms. The van der Waals surface area contributed by atoms with Gasteiger partial charge in [-0.3, -0.25) is 9.59 Å². The molecule has 1 aromatic heterocycles. The van der Waals surface area contributed by atoms with Crippen molar-refractivity contribution in [3.05, 3.63) is 60.2 Å². The molecule has 0 unspecified atom stereocenters. The number of carbonyl (C=O) groups excluding carboxylic acids is 2. The number of allylic oxidation sites excluding steroid dienone is 3. The van der Waals surface area contributed by atoms with Crippen LogP contribution in [0.4, 0.5) is 5.82 Å². The van der Waals surface area contributed by atoms with Crippen LogP contribution in [0.3, 0.4) is 0 Å². The highest BCUT2D eigenvalue weighted by atomic mass is 16.5. The van der Waals surface area contributed by atoms with Gasteiger partial charge in [0.2, 0.25) is 5.91 Å². The molecule has 1 N–H and O–H groups in total. The van der Waals surface area contributed by atoms with Crippen molar-refractivity contribution >= 4 is 23.2 Å². The van der Waals surface area contributed by atoms with Crippen LogP contribution >= 0.6 is 0 Å². The highest BCUT2D eigenvalue weighted by molar-refractivity contribution is 5.98. The molecule has 2 aliphatic heterocycles. The maximum absolute atomic E-state index is 12.5. The molecule has 0 radical (unpaired) electrons. The van der Waals surface area contributed by atoms with Gasteiger partial charge in [0, 0.05) is 25.7 Å². The minimum Gasteiger partial charge on any atom is -0.497 e. The third-order valence-electron chi connectivity index (χ3n) is 4.90. The van der Waals surface area contributed by atoms with E-state index in [0.29, 0.717) is 41.6 Å². The van der Waals surface area contributed by atoms with E-state index in [1.54, 1.807) is 36.2 Å². The summed E-state index contributed by atoms with van der Waals surface area (Å²) in [6.45, 7) is 8.94. The van der Waals surface area contributed by atoms with Gasteiger partial charge in [0.1, 0.15) is 11.5 Å². The molecule has 2 amide bonds. The molecule has 3 heterocycles. The van der Waals surface area contributed by atoms with Crippen LogP contribution in [0, 0.1) is 0 Å². The Balaban J connectivity index is 1.65. The highest BCUT2D eigenvalue weighted by Gasteiger charge is 2.34. The number of hydrogen-bond donors (Lipinski definition) is 1. The summed E-state index contributed by atoms with van der Waals surface area (Å²) < 4.78 is 5.04. The van der Waals surface area contributed by atoms with Gasteiger partial charge in [-0.05, 0) is 36.6 Å². The molecule has 29 heavy (non-hydrogen) atoms. The van der Waals surface area contributed by atoms with Crippen molar-refractivity contribution in [1.29, 1.82) is 0 Å². The Labute approximate surface area is 170 Å². The van der Waals surface area contributed by atoms with Gasteiger partial charge in [-0.25, -0.2) is 0 Å². The van der Waals surface area contributed by atoms with Crippen molar-refractivity contribution < 1.29 is 14.3 Å². The Morgan fingerprint density at radius 2 is 2.17 bits per heavy atom. The number of nitrogens with one attached hydrogen (secondary N) is 1. The molecule has 0 saturated heterocycles. The average molecular weight is 395 g/mol. The van der Waals surface area contributed by atoms with Crippen LogP contribution in [0.25, 0.3) is 5.57 Å². The smallest absolute Gasteiger partial charge is 0.270 e. The monoisotopic (exact) mass is 395 g/mol. The van der Waals surface area contributed by atoms with Gasteiger partial charge >= 0.3 is 0 Å². The van der Waals surface area contributed by atoms with Crippen LogP contribution < -0.4 is 5.32 Å². The van der Waals surface area contributed by atoms with E-state index >= 15 is 0 Å². The minimum atomic E-state index is -0.240. The lowest BCUT2D eigenvalue weighted by Gasteiger charge is -2.28. The van der Waals surface area contributed by atoms with Crippen LogP contribution in [0.15, 0.2) is 54.5 Å². The summed E-state index contributed by atoms with van der Waals surface area (Å²) in [6.07, 6.45) is 5.17. The molecule has 8 heteroatoms. The number of aromatic nitrogens is 2. The van der Waals surface area contributed by atoms with Crippen molar-refractivity contribution in [2.45, 2.75) is 12.8 Å². The van der Waals surface area contributed by atoms with Gasteiger partial charge in [-0.1, -0.05) is 19.2 Å². The molecular formula is C21H25N5O3. The van der Waals surface area contributed by atoms with Crippen molar-refractivity contribution in [3.63, 3.8) is 0 Å². The van der Waals surface area contributed by atoms with Gasteiger partial charge in [0.25, 0.3) is 5.91 Å². The summed E-state index contributed by atoms with van der Waals surface area (Å²) in [4.78, 5) is 28.4. The molecule has 1 aromatic rings. The zero-order valence-corrected chi connectivity index (χ0v) is 16.8. The van der Waals surface area contributed by atoms with Crippen molar-refractivity contribution in [3.8, 4) is 0 Å². The summed E-state index contributed by atoms with van der Waals surface area (Å²) in [5.41, 5.74) is 3.08. The normalized spacial score (nSPS) is 16.6. The van der Waals surface area contributed by atoms with Gasteiger partial charge in [-0.2, -0.15) is 0 Å². The highest BCUT2D eigenvalue weighted by Crippen LogP contribution is 2.29. The van der Waals surface area contributed by atoms with Crippen molar-refractivity contribution in [1.82, 2.24) is 20.0 Å². The lowest BCUT2D eigenvalue weighted by Crippen LogP contribution is -2.38. The molecule has 0 atom stereocenters. The zero-order chi connectivity index (χ0) is 21.0. The summed E-state index contributed by atoms with van der Waals surface area (Å²) in [5.74, 6) is 0.559. The Morgan fingerprint density at radius 3 is 2.83 bits per heavy atom. The summed E-state index contributed by atoms with van der Waals surface area (Å²) in [7, 11) is 3.31. The first-order chi connectivity index (χ1) is 13.9. The number of methoxy groups -OCH3 is 1. The predicted octanol–water partition coefficient (Wildman–Crippen LogP) is 1.97. The maximum atomic E-state index is 12.5. The number of anilines is 1. The van der Waals surface area contributed by atoms with Crippen molar-refractivity contribution in [2.24, 2.45) is 0 Å². The molecule has 152 valence electrons. The number of likely N-dealkylation sites (N-methyl/N-ethyl adjacent to an activating group) is 1. The number of carbonyl (C=O) groups is 2. The van der Waals surface area contributed by atoms with Crippen molar-refractivity contribution in [2.75, 3.05) is 39.1 Å². The lowest BCUT2D eigenvalue weighted by atomic mass is 10.0. The van der Waals surface area contributed by atoms with Crippen LogP contribution in [0.2, 0.25) is 0 Å². The molecule has 0 aromatic carbocycles. The van der Waals surface area contributed by atoms with Crippen LogP contribution in [-0.4, -0.2) is 65.6 Å². The maximum Gasteiger partial charge on any atom is 0.270 e. The number of amides is 2. The second kappa shape index (κ2) is 8.72. The quantitative estimate of drug-likeness (QED) is 0.561. The van der Waals surface area contributed by atoms with E-state index in [2.05, 4.69) is 28.7 Å². The van der Waals surface area contributed by atoms with E-state index in [9.17, 15) is 9.59 Å². The molecule has 2 aliphatic rings. The van der Waals surface area contributed by atoms with Crippen LogP contribution in [-0.2, 0) is 14.3 Å². The number of ether oxygens (including phenoxy) is 1. The zero-order valence-electron chi connectivity index (χ0n) is 16.8. The third-order valence-corrected chi connectivity index (χ3v) is 4.90. The van der Waals surface area contributed by atoms with Gasteiger partial charge in [0.05, 0.1) is 19.3 Å². The fourth-order valence-corrected chi connectivity index (χ4v) is 3.45. The first kappa shape index (κ1) is 20.3. The molecule has 0 fully saturated rings. The Bertz CT molecular complexity index is 901. The molecule has 0 aliphatic carbocycles. The minimum absolute atomic E-state index is 0.0157. The third kappa shape index (κ3) is 4.53. The Morgan fingerprint density at radius 1 is 1.38 bits per heavy atom. The van der Waals surface area contributed by atoms with Crippen LogP contribution in [0.1, 0.15) is 18.5 Å². The standard InChI is InChI=1S/C21H25N5O3/c1-5-15(11-14(2)29-4)17-8-9-18(24-23-17)22-19(27)13-26-10-6-7-16-12-25(3)21(28)20(16)26/h5,8-9,11H,1-2,6-7,10,12-13H2,3-4H3,(H,22,24,27)/b15-11+. The fourth-order valence-electron chi connectivity index (χ4n) is 3.45. The second-order valence-electron chi connectivity index (χ2n) is 6.96. The fraction of sp³-hybridized carbons (Fsp3) is 0.333. The topological polar surface area (TPSA) is 87.7 Å². The van der Waals surface area contributed by atoms with Gasteiger partial charge in [-0.15, -0.1) is 10.2 Å². The van der Waals surface area contributed by atoms with E-state index < -0.39 is 0 Å². The Hall–Kier alpha value is -3.42. The van der Waals surface area contributed by atoms with E-state index in [1.807, 2.05) is 4.90 Å². The summed E-state index contributed by atoms with van der Waals surface area (Å²) >= 11 is 0. The molecule has 8 nitrogen and oxygen atoms in total. The molecule has 0 saturated carbocycles. The molecular weight excluding hydrogens is 370 g/mol. The van der Waals surface area contributed by atoms with E-state index in [1.165, 1.54) is 7.11 Å². The van der Waals surface area contributed by atoms with Crippen LogP contribution in [0.5, 0.6) is 0 Å². The number of hydrogen-bond acceptors (Lipinski definition) is 6. The average Bonchev–Trinajstić information content (AvgIpc) is 3.01. The largest absolute Gasteiger partial charge is 0.497 e. The SMILES string of the molecule is C=C/C(=C\C(=C)OC)c1ccc(NC(=O)CN2CCCC3=C2C(=O)N(C)C3)nn1. The van der Waals surface area contributed by atoms with E-state index in [0.717, 1.165) is 18.4 Å². The van der Waals surface area contributed by atoms with E-state index in [-0.39, 0.29) is 18.4 Å². The number of nitrogens with zero attached hydrogens (tertiary/aromatic N) is 4. The first-order valence-electron chi connectivity index (χ1n) is 9.36. The predicted molar refractivity (Wildman–Crippen MR) is 110 cm³/mol. The molecule has 3 rings (SSSR count). The Kier molecular flexibility index (Phi) is 6.11. The molecule has 0 bridgehead atoms. The second-order valence-corrected chi connectivity index (χ2v) is 6.96. The first-order valence-corrected chi connectivity index (χ1v) is 9.36. The van der Waals surface area contributed by atoms with E-state index in [4.69, 9.17) is 4.74 Å². The number of rotatable bonds is 7. The van der Waals surface area contributed by atoms with Gasteiger partial charge < -0.3 is 19.9 Å². The summed E-state index contributed by atoms with van der Waals surface area (Å²) in [6, 6.07) is 3.40. The van der Waals surface area contributed by atoms with Gasteiger partial charge in [0.15, 0.2) is 5.82 Å².